The monoisotopic (exact) mass is 277 g/mol. The van der Waals surface area contributed by atoms with Gasteiger partial charge in [-0.2, -0.15) is 0 Å². The number of rotatable bonds is 2. The van der Waals surface area contributed by atoms with Gasteiger partial charge in [0.1, 0.15) is 0 Å². The van der Waals surface area contributed by atoms with E-state index in [1.165, 1.54) is 64.2 Å². The third-order valence-corrected chi connectivity index (χ3v) is 7.31. The van der Waals surface area contributed by atoms with Crippen molar-refractivity contribution in [2.75, 3.05) is 0 Å². The minimum absolute atomic E-state index is 0.507. The summed E-state index contributed by atoms with van der Waals surface area (Å²) in [5.74, 6) is 5.59. The molecule has 7 unspecified atom stereocenters. The van der Waals surface area contributed by atoms with E-state index in [4.69, 9.17) is 5.73 Å². The van der Waals surface area contributed by atoms with Crippen LogP contribution < -0.4 is 5.73 Å². The second kappa shape index (κ2) is 6.38. The summed E-state index contributed by atoms with van der Waals surface area (Å²) in [4.78, 5) is 0. The molecule has 20 heavy (non-hydrogen) atoms. The highest BCUT2D eigenvalue weighted by Crippen LogP contribution is 2.45. The lowest BCUT2D eigenvalue weighted by Gasteiger charge is -2.44. The summed E-state index contributed by atoms with van der Waals surface area (Å²) in [5.41, 5.74) is 6.75. The Labute approximate surface area is 126 Å². The Morgan fingerprint density at radius 3 is 2.10 bits per heavy atom. The summed E-state index contributed by atoms with van der Waals surface area (Å²) in [5, 5.41) is 0. The van der Waals surface area contributed by atoms with Crippen LogP contribution in [0.2, 0.25) is 0 Å². The van der Waals surface area contributed by atoms with Crippen LogP contribution in [0.5, 0.6) is 0 Å². The van der Waals surface area contributed by atoms with E-state index < -0.39 is 0 Å². The predicted octanol–water partition coefficient (Wildman–Crippen LogP) is 4.99. The van der Waals surface area contributed by atoms with Gasteiger partial charge in [0.05, 0.1) is 0 Å². The fourth-order valence-electron chi connectivity index (χ4n) is 5.58. The molecule has 116 valence electrons. The van der Waals surface area contributed by atoms with Gasteiger partial charge in [-0.05, 0) is 67.6 Å². The highest BCUT2D eigenvalue weighted by Gasteiger charge is 2.38. The first kappa shape index (κ1) is 14.9. The van der Waals surface area contributed by atoms with Crippen molar-refractivity contribution in [1.29, 1.82) is 0 Å². The molecule has 0 aromatic carbocycles. The van der Waals surface area contributed by atoms with E-state index in [2.05, 4.69) is 13.8 Å². The summed E-state index contributed by atoms with van der Waals surface area (Å²) >= 11 is 0. The van der Waals surface area contributed by atoms with Gasteiger partial charge in [0.25, 0.3) is 0 Å². The van der Waals surface area contributed by atoms with E-state index in [9.17, 15) is 0 Å². The zero-order valence-corrected chi connectivity index (χ0v) is 13.7. The largest absolute Gasteiger partial charge is 0.327 e. The van der Waals surface area contributed by atoms with E-state index in [0.717, 1.165) is 35.5 Å². The molecule has 7 atom stereocenters. The zero-order valence-electron chi connectivity index (χ0n) is 13.7. The first-order valence-corrected chi connectivity index (χ1v) is 9.40. The van der Waals surface area contributed by atoms with E-state index >= 15 is 0 Å². The standard InChI is InChI=1S/C19H35N/c1-13-7-8-17(11-14(13)2)19(20)18-10-9-15-5-3-4-6-16(15)12-18/h13-19H,3-12,20H2,1-2H3. The Bertz CT molecular complexity index is 313. The highest BCUT2D eigenvalue weighted by atomic mass is 14.7. The number of fused-ring (bicyclic) bond motifs is 1. The van der Waals surface area contributed by atoms with Crippen molar-refractivity contribution in [2.24, 2.45) is 41.2 Å². The molecular formula is C19H35N. The van der Waals surface area contributed by atoms with Crippen molar-refractivity contribution in [2.45, 2.75) is 84.1 Å². The van der Waals surface area contributed by atoms with Gasteiger partial charge in [-0.25, -0.2) is 0 Å². The van der Waals surface area contributed by atoms with Gasteiger partial charge in [-0.3, -0.25) is 0 Å². The molecule has 3 fully saturated rings. The molecule has 0 heterocycles. The maximum Gasteiger partial charge on any atom is 0.00958 e. The van der Waals surface area contributed by atoms with Crippen molar-refractivity contribution >= 4 is 0 Å². The Hall–Kier alpha value is -0.0400. The lowest BCUT2D eigenvalue weighted by atomic mass is 9.63. The van der Waals surface area contributed by atoms with Crippen molar-refractivity contribution in [3.8, 4) is 0 Å². The number of nitrogens with two attached hydrogens (primary N) is 1. The van der Waals surface area contributed by atoms with E-state index in [1.54, 1.807) is 0 Å². The van der Waals surface area contributed by atoms with Crippen LogP contribution in [0.3, 0.4) is 0 Å². The highest BCUT2D eigenvalue weighted by molar-refractivity contribution is 4.91. The van der Waals surface area contributed by atoms with Gasteiger partial charge >= 0.3 is 0 Å². The fraction of sp³-hybridized carbons (Fsp3) is 1.00. The molecule has 1 heteroatoms. The molecule has 0 radical (unpaired) electrons. The third-order valence-electron chi connectivity index (χ3n) is 7.31. The van der Waals surface area contributed by atoms with E-state index in [0.29, 0.717) is 6.04 Å². The average molecular weight is 277 g/mol. The molecule has 0 amide bonds. The van der Waals surface area contributed by atoms with Crippen LogP contribution in [0.25, 0.3) is 0 Å². The summed E-state index contributed by atoms with van der Waals surface area (Å²) in [6.07, 6.45) is 14.6. The van der Waals surface area contributed by atoms with Crippen LogP contribution in [0, 0.1) is 35.5 Å². The lowest BCUT2D eigenvalue weighted by molar-refractivity contribution is 0.0847. The molecule has 3 saturated carbocycles. The summed E-state index contributed by atoms with van der Waals surface area (Å²) in [6, 6.07) is 0.507. The summed E-state index contributed by atoms with van der Waals surface area (Å²) < 4.78 is 0. The Balaban J connectivity index is 1.56. The van der Waals surface area contributed by atoms with E-state index in [-0.39, 0.29) is 0 Å². The second-order valence-corrected chi connectivity index (χ2v) is 8.48. The van der Waals surface area contributed by atoms with Crippen LogP contribution in [0.15, 0.2) is 0 Å². The van der Waals surface area contributed by atoms with Crippen LogP contribution >= 0.6 is 0 Å². The third kappa shape index (κ3) is 3.08. The normalized spacial score (nSPS) is 47.5. The smallest absolute Gasteiger partial charge is 0.00958 e. The first-order chi connectivity index (χ1) is 9.65. The van der Waals surface area contributed by atoms with Gasteiger partial charge in [0, 0.05) is 6.04 Å². The van der Waals surface area contributed by atoms with E-state index in [1.807, 2.05) is 0 Å². The lowest BCUT2D eigenvalue weighted by Crippen LogP contribution is -2.44. The van der Waals surface area contributed by atoms with Gasteiger partial charge in [0.15, 0.2) is 0 Å². The summed E-state index contributed by atoms with van der Waals surface area (Å²) in [7, 11) is 0. The van der Waals surface area contributed by atoms with Crippen LogP contribution in [-0.4, -0.2) is 6.04 Å². The van der Waals surface area contributed by atoms with Crippen molar-refractivity contribution in [1.82, 2.24) is 0 Å². The van der Waals surface area contributed by atoms with Crippen LogP contribution in [-0.2, 0) is 0 Å². The topological polar surface area (TPSA) is 26.0 Å². The molecular weight excluding hydrogens is 242 g/mol. The minimum atomic E-state index is 0.507. The Morgan fingerprint density at radius 2 is 1.35 bits per heavy atom. The fourth-order valence-corrected chi connectivity index (χ4v) is 5.58. The molecule has 2 N–H and O–H groups in total. The van der Waals surface area contributed by atoms with Crippen molar-refractivity contribution < 1.29 is 0 Å². The molecule has 1 nitrogen and oxygen atoms in total. The zero-order chi connectivity index (χ0) is 14.1. The molecule has 3 rings (SSSR count). The molecule has 0 saturated heterocycles. The van der Waals surface area contributed by atoms with Crippen LogP contribution in [0.1, 0.15) is 78.1 Å². The van der Waals surface area contributed by atoms with Crippen molar-refractivity contribution in [3.63, 3.8) is 0 Å². The molecule has 0 bridgehead atoms. The van der Waals surface area contributed by atoms with Gasteiger partial charge in [-0.15, -0.1) is 0 Å². The van der Waals surface area contributed by atoms with Crippen molar-refractivity contribution in [3.05, 3.63) is 0 Å². The van der Waals surface area contributed by atoms with Gasteiger partial charge in [-0.1, -0.05) is 46.0 Å². The predicted molar refractivity (Wildman–Crippen MR) is 86.4 cm³/mol. The average Bonchev–Trinajstić information content (AvgIpc) is 2.49. The molecule has 0 aliphatic heterocycles. The van der Waals surface area contributed by atoms with Gasteiger partial charge in [0.2, 0.25) is 0 Å². The van der Waals surface area contributed by atoms with Crippen LogP contribution in [0.4, 0.5) is 0 Å². The van der Waals surface area contributed by atoms with Gasteiger partial charge < -0.3 is 5.73 Å². The minimum Gasteiger partial charge on any atom is -0.327 e. The molecule has 0 spiro atoms. The second-order valence-electron chi connectivity index (χ2n) is 8.48. The molecule has 3 aliphatic carbocycles. The summed E-state index contributed by atoms with van der Waals surface area (Å²) in [6.45, 7) is 4.88. The Morgan fingerprint density at radius 1 is 0.700 bits per heavy atom. The quantitative estimate of drug-likeness (QED) is 0.756. The first-order valence-electron chi connectivity index (χ1n) is 9.40. The molecule has 0 aromatic rings. The SMILES string of the molecule is CC1CCC(C(N)C2CCC3CCCCC3C2)CC1C. The maximum atomic E-state index is 6.75. The number of hydrogen-bond acceptors (Lipinski definition) is 1. The number of hydrogen-bond donors (Lipinski definition) is 1. The Kier molecular flexibility index (Phi) is 4.75. The molecule has 0 aromatic heterocycles. The molecule has 3 aliphatic rings. The maximum absolute atomic E-state index is 6.75.